The van der Waals surface area contributed by atoms with Gasteiger partial charge in [-0.2, -0.15) is 0 Å². The number of nitrogens with zero attached hydrogens (tertiary/aromatic N) is 1. The Morgan fingerprint density at radius 3 is 2.80 bits per heavy atom. The van der Waals surface area contributed by atoms with Crippen LogP contribution in [0.5, 0.6) is 0 Å². The van der Waals surface area contributed by atoms with Crippen molar-refractivity contribution in [2.75, 3.05) is 5.73 Å². The van der Waals surface area contributed by atoms with E-state index in [9.17, 15) is 0 Å². The Balaban J connectivity index is 3.34. The molecule has 0 amide bonds. The molecule has 0 saturated carbocycles. The highest BCUT2D eigenvalue weighted by molar-refractivity contribution is 14.1. The minimum Gasteiger partial charge on any atom is -0.382 e. The van der Waals surface area contributed by atoms with E-state index >= 15 is 0 Å². The van der Waals surface area contributed by atoms with Gasteiger partial charge in [0.1, 0.15) is 5.82 Å². The van der Waals surface area contributed by atoms with Gasteiger partial charge in [0.25, 0.3) is 0 Å². The summed E-state index contributed by atoms with van der Waals surface area (Å²) in [6.45, 7) is 1.92. The second-order valence-corrected chi connectivity index (χ2v) is 3.47. The fourth-order valence-electron chi connectivity index (χ4n) is 0.577. The van der Waals surface area contributed by atoms with Crippen LogP contribution in [0.25, 0.3) is 0 Å². The average molecular weight is 268 g/mol. The highest BCUT2D eigenvalue weighted by atomic mass is 127. The van der Waals surface area contributed by atoms with Gasteiger partial charge in [0.15, 0.2) is 0 Å². The Labute approximate surface area is 77.9 Å². The van der Waals surface area contributed by atoms with E-state index in [1.165, 1.54) is 0 Å². The van der Waals surface area contributed by atoms with E-state index in [4.69, 9.17) is 17.3 Å². The molecule has 1 aromatic rings. The third kappa shape index (κ3) is 1.34. The average Bonchev–Trinajstić information content (AvgIpc) is 1.93. The summed E-state index contributed by atoms with van der Waals surface area (Å²) in [6.07, 6.45) is 1.71. The second kappa shape index (κ2) is 2.92. The van der Waals surface area contributed by atoms with E-state index in [1.54, 1.807) is 6.20 Å². The van der Waals surface area contributed by atoms with Crippen molar-refractivity contribution in [2.45, 2.75) is 6.92 Å². The molecule has 4 heteroatoms. The van der Waals surface area contributed by atoms with Crippen LogP contribution >= 0.6 is 34.2 Å². The molecule has 0 aliphatic carbocycles. The van der Waals surface area contributed by atoms with Crippen molar-refractivity contribution in [1.82, 2.24) is 4.98 Å². The maximum Gasteiger partial charge on any atom is 0.142 e. The van der Waals surface area contributed by atoms with Gasteiger partial charge in [0.2, 0.25) is 0 Å². The lowest BCUT2D eigenvalue weighted by molar-refractivity contribution is 1.27. The lowest BCUT2D eigenvalue weighted by Crippen LogP contribution is -1.94. The Bertz CT molecular complexity index is 235. The number of nitrogens with two attached hydrogens (primary N) is 1. The number of nitrogen functional groups attached to an aromatic ring is 1. The summed E-state index contributed by atoms with van der Waals surface area (Å²) in [6, 6.07) is 0. The number of hydrogen-bond donors (Lipinski definition) is 1. The van der Waals surface area contributed by atoms with Crippen LogP contribution in [0.1, 0.15) is 5.56 Å². The van der Waals surface area contributed by atoms with Crippen molar-refractivity contribution in [3.05, 3.63) is 20.4 Å². The standard InChI is InChI=1S/C6H6ClIN2/c1-3-4(8)2-10-6(9)5(3)7/h2H,1H3,(H2,9,10). The zero-order valence-electron chi connectivity index (χ0n) is 5.36. The number of aromatic nitrogens is 1. The molecule has 0 aromatic carbocycles. The monoisotopic (exact) mass is 268 g/mol. The lowest BCUT2D eigenvalue weighted by atomic mass is 10.3. The molecule has 2 nitrogen and oxygen atoms in total. The maximum absolute atomic E-state index is 5.79. The molecule has 0 saturated heterocycles. The van der Waals surface area contributed by atoms with Gasteiger partial charge in [0.05, 0.1) is 5.02 Å². The number of rotatable bonds is 0. The van der Waals surface area contributed by atoms with Gasteiger partial charge in [-0.3, -0.25) is 0 Å². The smallest absolute Gasteiger partial charge is 0.142 e. The summed E-state index contributed by atoms with van der Waals surface area (Å²) in [5.41, 5.74) is 6.44. The van der Waals surface area contributed by atoms with Crippen LogP contribution < -0.4 is 5.73 Å². The molecule has 0 atom stereocenters. The van der Waals surface area contributed by atoms with Crippen molar-refractivity contribution in [3.8, 4) is 0 Å². The van der Waals surface area contributed by atoms with E-state index in [1.807, 2.05) is 6.92 Å². The summed E-state index contributed by atoms with van der Waals surface area (Å²) in [7, 11) is 0. The van der Waals surface area contributed by atoms with E-state index < -0.39 is 0 Å². The summed E-state index contributed by atoms with van der Waals surface area (Å²) >= 11 is 7.95. The summed E-state index contributed by atoms with van der Waals surface area (Å²) in [4.78, 5) is 3.88. The van der Waals surface area contributed by atoms with Crippen LogP contribution in [-0.2, 0) is 0 Å². The lowest BCUT2D eigenvalue weighted by Gasteiger charge is -2.01. The van der Waals surface area contributed by atoms with E-state index in [0.29, 0.717) is 10.8 Å². The molecule has 0 bridgehead atoms. The van der Waals surface area contributed by atoms with Gasteiger partial charge in [0, 0.05) is 9.77 Å². The van der Waals surface area contributed by atoms with Crippen LogP contribution in [-0.4, -0.2) is 4.98 Å². The van der Waals surface area contributed by atoms with E-state index in [2.05, 4.69) is 27.6 Å². The Morgan fingerprint density at radius 1 is 1.70 bits per heavy atom. The minimum absolute atomic E-state index is 0.402. The highest BCUT2D eigenvalue weighted by Crippen LogP contribution is 2.23. The molecule has 10 heavy (non-hydrogen) atoms. The number of halogens is 2. The van der Waals surface area contributed by atoms with E-state index in [0.717, 1.165) is 9.13 Å². The topological polar surface area (TPSA) is 38.9 Å². The summed E-state index contributed by atoms with van der Waals surface area (Å²) < 4.78 is 1.04. The van der Waals surface area contributed by atoms with Crippen LogP contribution in [0, 0.1) is 10.5 Å². The normalized spacial score (nSPS) is 9.90. The second-order valence-electron chi connectivity index (χ2n) is 1.93. The van der Waals surface area contributed by atoms with Crippen LogP contribution in [0.4, 0.5) is 5.82 Å². The number of pyridine rings is 1. The van der Waals surface area contributed by atoms with Gasteiger partial charge < -0.3 is 5.73 Å². The van der Waals surface area contributed by atoms with Crippen molar-refractivity contribution in [2.24, 2.45) is 0 Å². The number of anilines is 1. The molecular weight excluding hydrogens is 262 g/mol. The summed E-state index contributed by atoms with van der Waals surface area (Å²) in [5, 5.41) is 0.562. The summed E-state index contributed by atoms with van der Waals surface area (Å²) in [5.74, 6) is 0.402. The molecule has 1 heterocycles. The number of hydrogen-bond acceptors (Lipinski definition) is 2. The van der Waals surface area contributed by atoms with Gasteiger partial charge in [-0.05, 0) is 35.1 Å². The Hall–Kier alpha value is -0.0300. The first-order chi connectivity index (χ1) is 4.63. The van der Waals surface area contributed by atoms with Gasteiger partial charge in [-0.25, -0.2) is 4.98 Å². The fourth-order valence-corrected chi connectivity index (χ4v) is 1.30. The molecule has 0 fully saturated rings. The SMILES string of the molecule is Cc1c(I)cnc(N)c1Cl. The molecule has 0 spiro atoms. The van der Waals surface area contributed by atoms with Crippen LogP contribution in [0.2, 0.25) is 5.02 Å². The van der Waals surface area contributed by atoms with Gasteiger partial charge in [-0.1, -0.05) is 11.6 Å². The molecule has 0 aliphatic heterocycles. The Kier molecular flexibility index (Phi) is 2.36. The first kappa shape index (κ1) is 8.07. The van der Waals surface area contributed by atoms with E-state index in [-0.39, 0.29) is 0 Å². The van der Waals surface area contributed by atoms with Crippen LogP contribution in [0.3, 0.4) is 0 Å². The maximum atomic E-state index is 5.79. The fraction of sp³-hybridized carbons (Fsp3) is 0.167. The van der Waals surface area contributed by atoms with Gasteiger partial charge >= 0.3 is 0 Å². The van der Waals surface area contributed by atoms with Crippen molar-refractivity contribution in [3.63, 3.8) is 0 Å². The predicted octanol–water partition coefficient (Wildman–Crippen LogP) is 2.23. The minimum atomic E-state index is 0.402. The first-order valence-corrected chi connectivity index (χ1v) is 4.14. The predicted molar refractivity (Wildman–Crippen MR) is 51.1 cm³/mol. The molecule has 0 aliphatic rings. The van der Waals surface area contributed by atoms with Crippen molar-refractivity contribution in [1.29, 1.82) is 0 Å². The quantitative estimate of drug-likeness (QED) is 0.733. The molecule has 2 N–H and O–H groups in total. The van der Waals surface area contributed by atoms with Crippen molar-refractivity contribution >= 4 is 40.0 Å². The zero-order chi connectivity index (χ0) is 7.72. The zero-order valence-corrected chi connectivity index (χ0v) is 8.27. The molecule has 1 rings (SSSR count). The Morgan fingerprint density at radius 2 is 2.30 bits per heavy atom. The largest absolute Gasteiger partial charge is 0.382 e. The molecule has 0 unspecified atom stereocenters. The third-order valence-corrected chi connectivity index (χ3v) is 2.79. The molecule has 1 aromatic heterocycles. The first-order valence-electron chi connectivity index (χ1n) is 2.69. The van der Waals surface area contributed by atoms with Crippen molar-refractivity contribution < 1.29 is 0 Å². The van der Waals surface area contributed by atoms with Gasteiger partial charge in [-0.15, -0.1) is 0 Å². The third-order valence-electron chi connectivity index (χ3n) is 1.23. The molecule has 54 valence electrons. The molecular formula is C6H6ClIN2. The molecule has 0 radical (unpaired) electrons. The van der Waals surface area contributed by atoms with Crippen LogP contribution in [0.15, 0.2) is 6.20 Å². The highest BCUT2D eigenvalue weighted by Gasteiger charge is 2.03.